The number of aryl methyl sites for hydroxylation is 1. The van der Waals surface area contributed by atoms with Crippen LogP contribution in [0.15, 0.2) is 42.5 Å². The van der Waals surface area contributed by atoms with E-state index in [2.05, 4.69) is 40.4 Å². The molecule has 1 aromatic heterocycles. The average molecular weight is 333 g/mol. The Morgan fingerprint density at radius 2 is 1.80 bits per heavy atom. The molecule has 0 aliphatic rings. The van der Waals surface area contributed by atoms with Crippen LogP contribution in [0.4, 0.5) is 11.4 Å². The Labute approximate surface area is 148 Å². The molecule has 4 nitrogen and oxygen atoms in total. The molecule has 0 aliphatic carbocycles. The number of hydrogen-bond donors (Lipinski definition) is 1. The summed E-state index contributed by atoms with van der Waals surface area (Å²) in [4.78, 5) is 2.11. The largest absolute Gasteiger partial charge is 0.497 e. The van der Waals surface area contributed by atoms with Crippen molar-refractivity contribution in [3.63, 3.8) is 0 Å². The normalized spacial score (nSPS) is 10.4. The van der Waals surface area contributed by atoms with Gasteiger partial charge in [0.15, 0.2) is 0 Å². The van der Waals surface area contributed by atoms with Crippen molar-refractivity contribution in [3.05, 3.63) is 53.7 Å². The molecule has 0 radical (unpaired) electrons. The van der Waals surface area contributed by atoms with Gasteiger partial charge in [0.2, 0.25) is 0 Å². The molecule has 0 atom stereocenters. The highest BCUT2D eigenvalue weighted by Gasteiger charge is 2.17. The Kier molecular flexibility index (Phi) is 4.58. The third-order valence-electron chi connectivity index (χ3n) is 4.24. The van der Waals surface area contributed by atoms with Gasteiger partial charge in [0.05, 0.1) is 18.3 Å². The highest BCUT2D eigenvalue weighted by Crippen LogP contribution is 2.35. The molecule has 0 unspecified atom stereocenters. The summed E-state index contributed by atoms with van der Waals surface area (Å²) < 4.78 is 7.65. The number of methoxy groups -OCH3 is 1. The number of nitrogens with two attached hydrogens (primary N) is 1. The Morgan fingerprint density at radius 1 is 1.08 bits per heavy atom. The van der Waals surface area contributed by atoms with Crippen molar-refractivity contribution >= 4 is 22.3 Å². The lowest BCUT2D eigenvalue weighted by Crippen LogP contribution is -2.10. The zero-order chi connectivity index (χ0) is 18.0. The molecule has 1 heterocycles. The van der Waals surface area contributed by atoms with Crippen molar-refractivity contribution in [1.82, 2.24) is 4.57 Å². The number of hydrogen-bond acceptors (Lipinski definition) is 3. The van der Waals surface area contributed by atoms with Gasteiger partial charge in [-0.05, 0) is 55.3 Å². The second-order valence-corrected chi connectivity index (χ2v) is 6.09. The lowest BCUT2D eigenvalue weighted by molar-refractivity contribution is 0.415. The second kappa shape index (κ2) is 6.82. The van der Waals surface area contributed by atoms with Crippen molar-refractivity contribution < 1.29 is 4.74 Å². The highest BCUT2D eigenvalue weighted by molar-refractivity contribution is 5.98. The van der Waals surface area contributed by atoms with E-state index in [1.54, 1.807) is 7.11 Å². The first-order valence-corrected chi connectivity index (χ1v) is 8.30. The monoisotopic (exact) mass is 333 g/mol. The van der Waals surface area contributed by atoms with Gasteiger partial charge in [-0.15, -0.1) is 0 Å². The van der Waals surface area contributed by atoms with E-state index in [1.807, 2.05) is 44.4 Å². The van der Waals surface area contributed by atoms with Crippen LogP contribution in [0.5, 0.6) is 5.75 Å². The van der Waals surface area contributed by atoms with Gasteiger partial charge in [0.25, 0.3) is 0 Å². The van der Waals surface area contributed by atoms with Crippen molar-refractivity contribution in [3.8, 4) is 17.6 Å². The van der Waals surface area contributed by atoms with Crippen LogP contribution < -0.4 is 15.4 Å². The topological polar surface area (TPSA) is 43.4 Å². The van der Waals surface area contributed by atoms with Crippen LogP contribution in [0, 0.1) is 11.8 Å². The molecule has 2 N–H and O–H groups in total. The van der Waals surface area contributed by atoms with E-state index in [-0.39, 0.29) is 0 Å². The fourth-order valence-corrected chi connectivity index (χ4v) is 3.05. The molecule has 3 aromatic rings. The van der Waals surface area contributed by atoms with Crippen LogP contribution in [0.25, 0.3) is 10.9 Å². The first-order chi connectivity index (χ1) is 12.0. The molecule has 0 bridgehead atoms. The van der Waals surface area contributed by atoms with E-state index in [0.717, 1.165) is 45.8 Å². The first kappa shape index (κ1) is 16.8. The highest BCUT2D eigenvalue weighted by atomic mass is 16.5. The van der Waals surface area contributed by atoms with Crippen molar-refractivity contribution in [2.75, 3.05) is 31.8 Å². The molecule has 2 aromatic carbocycles. The third kappa shape index (κ3) is 3.14. The minimum Gasteiger partial charge on any atom is -0.497 e. The Bertz CT molecular complexity index is 957. The molecule has 0 saturated carbocycles. The summed E-state index contributed by atoms with van der Waals surface area (Å²) in [5.74, 6) is 7.48. The Hall–Kier alpha value is -3.06. The zero-order valence-corrected chi connectivity index (χ0v) is 15.1. The molecule has 128 valence electrons. The number of nitrogen functional groups attached to an aromatic ring is 1. The molecule has 0 spiro atoms. The molecule has 25 heavy (non-hydrogen) atoms. The quantitative estimate of drug-likeness (QED) is 0.587. The van der Waals surface area contributed by atoms with Gasteiger partial charge < -0.3 is 19.9 Å². The summed E-state index contributed by atoms with van der Waals surface area (Å²) in [7, 11) is 5.78. The molecule has 0 fully saturated rings. The lowest BCUT2D eigenvalue weighted by Gasteiger charge is -2.13. The number of ether oxygens (including phenoxy) is 1. The molecule has 0 amide bonds. The molecule has 4 heteroatoms. The number of fused-ring (bicyclic) bond motifs is 1. The first-order valence-electron chi connectivity index (χ1n) is 8.30. The molecule has 0 aliphatic heterocycles. The van der Waals surface area contributed by atoms with Crippen LogP contribution in [-0.2, 0) is 6.54 Å². The molecular formula is C21H23N3O. The lowest BCUT2D eigenvalue weighted by atomic mass is 10.2. The second-order valence-electron chi connectivity index (χ2n) is 6.09. The van der Waals surface area contributed by atoms with Crippen LogP contribution in [0.2, 0.25) is 0 Å². The SMILES string of the molecule is CCn1c(C#Cc2ccc(N)cc2)c(N(C)C)c2cc(OC)ccc21. The molecular weight excluding hydrogens is 310 g/mol. The Balaban J connectivity index is 2.22. The third-order valence-corrected chi connectivity index (χ3v) is 4.24. The van der Waals surface area contributed by atoms with Crippen molar-refractivity contribution in [2.45, 2.75) is 13.5 Å². The maximum atomic E-state index is 5.75. The van der Waals surface area contributed by atoms with E-state index in [1.165, 1.54) is 0 Å². The zero-order valence-electron chi connectivity index (χ0n) is 15.1. The van der Waals surface area contributed by atoms with Crippen molar-refractivity contribution in [1.29, 1.82) is 0 Å². The summed E-state index contributed by atoms with van der Waals surface area (Å²) in [6.45, 7) is 2.99. The standard InChI is InChI=1S/C21H23N3O/c1-5-24-19-13-11-17(25-4)14-18(19)21(23(2)3)20(24)12-8-15-6-9-16(22)10-7-15/h6-7,9-11,13-14H,5,22H2,1-4H3. The number of anilines is 2. The van der Waals surface area contributed by atoms with Crippen LogP contribution in [-0.4, -0.2) is 25.8 Å². The van der Waals surface area contributed by atoms with Crippen molar-refractivity contribution in [2.24, 2.45) is 0 Å². The van der Waals surface area contributed by atoms with Gasteiger partial charge in [0, 0.05) is 37.3 Å². The Morgan fingerprint density at radius 3 is 2.40 bits per heavy atom. The predicted octanol–water partition coefficient (Wildman–Crippen LogP) is 3.72. The van der Waals surface area contributed by atoms with E-state index in [0.29, 0.717) is 0 Å². The van der Waals surface area contributed by atoms with Crippen LogP contribution in [0.1, 0.15) is 18.2 Å². The summed E-state index contributed by atoms with van der Waals surface area (Å²) in [6.07, 6.45) is 0. The van der Waals surface area contributed by atoms with E-state index in [4.69, 9.17) is 10.5 Å². The number of nitrogens with zero attached hydrogens (tertiary/aromatic N) is 2. The van der Waals surface area contributed by atoms with E-state index >= 15 is 0 Å². The number of benzene rings is 2. The predicted molar refractivity (Wildman–Crippen MR) is 105 cm³/mol. The smallest absolute Gasteiger partial charge is 0.119 e. The maximum absolute atomic E-state index is 5.75. The number of aromatic nitrogens is 1. The van der Waals surface area contributed by atoms with Crippen LogP contribution >= 0.6 is 0 Å². The fourth-order valence-electron chi connectivity index (χ4n) is 3.05. The fraction of sp³-hybridized carbons (Fsp3) is 0.238. The minimum atomic E-state index is 0.745. The van der Waals surface area contributed by atoms with E-state index in [9.17, 15) is 0 Å². The molecule has 3 rings (SSSR count). The number of rotatable bonds is 3. The minimum absolute atomic E-state index is 0.745. The van der Waals surface area contributed by atoms with Gasteiger partial charge in [-0.3, -0.25) is 0 Å². The van der Waals surface area contributed by atoms with Gasteiger partial charge in [0.1, 0.15) is 11.4 Å². The average Bonchev–Trinajstić information content (AvgIpc) is 2.93. The molecule has 0 saturated heterocycles. The summed E-state index contributed by atoms with van der Waals surface area (Å²) in [6, 6.07) is 13.8. The van der Waals surface area contributed by atoms with Gasteiger partial charge >= 0.3 is 0 Å². The van der Waals surface area contributed by atoms with Gasteiger partial charge in [-0.25, -0.2) is 0 Å². The summed E-state index contributed by atoms with van der Waals surface area (Å²) in [5.41, 5.74) is 10.7. The summed E-state index contributed by atoms with van der Waals surface area (Å²) in [5, 5.41) is 1.15. The summed E-state index contributed by atoms with van der Waals surface area (Å²) >= 11 is 0. The van der Waals surface area contributed by atoms with Crippen LogP contribution in [0.3, 0.4) is 0 Å². The van der Waals surface area contributed by atoms with Gasteiger partial charge in [-0.2, -0.15) is 0 Å². The maximum Gasteiger partial charge on any atom is 0.119 e. The van der Waals surface area contributed by atoms with E-state index < -0.39 is 0 Å². The van der Waals surface area contributed by atoms with Gasteiger partial charge in [-0.1, -0.05) is 5.92 Å².